The molecule has 0 aliphatic heterocycles. The number of fused-ring (bicyclic) bond motifs is 1. The highest BCUT2D eigenvalue weighted by Gasteiger charge is 2.32. The summed E-state index contributed by atoms with van der Waals surface area (Å²) < 4.78 is 1.69. The molecule has 4 rings (SSSR count). The third-order valence-corrected chi connectivity index (χ3v) is 6.06. The number of aromatic nitrogens is 2. The van der Waals surface area contributed by atoms with Crippen molar-refractivity contribution in [3.05, 3.63) is 70.5 Å². The number of nitrogens with zero attached hydrogens (tertiary/aromatic N) is 3. The van der Waals surface area contributed by atoms with Crippen molar-refractivity contribution in [2.45, 2.75) is 50.5 Å². The number of rotatable bonds is 7. The summed E-state index contributed by atoms with van der Waals surface area (Å²) in [5.41, 5.74) is 1.76. The average Bonchev–Trinajstić information content (AvgIpc) is 3.56. The van der Waals surface area contributed by atoms with Crippen LogP contribution in [0.2, 0.25) is 0 Å². The Bertz CT molecular complexity index is 1070. The lowest BCUT2D eigenvalue weighted by Crippen LogP contribution is -2.34. The van der Waals surface area contributed by atoms with E-state index in [1.807, 2.05) is 55.1 Å². The molecule has 2 aromatic carbocycles. The van der Waals surface area contributed by atoms with Crippen molar-refractivity contribution >= 4 is 28.6 Å². The molecule has 0 saturated heterocycles. The minimum absolute atomic E-state index is 0.0268. The van der Waals surface area contributed by atoms with E-state index in [-0.39, 0.29) is 23.3 Å². The first-order valence-electron chi connectivity index (χ1n) is 10.0. The second kappa shape index (κ2) is 8.41. The summed E-state index contributed by atoms with van der Waals surface area (Å²) in [7, 11) is 0. The van der Waals surface area contributed by atoms with Gasteiger partial charge in [0.15, 0.2) is 5.16 Å². The Labute approximate surface area is 174 Å². The number of para-hydroxylation sites is 1. The number of carbonyl (C=O) groups is 1. The molecule has 0 unspecified atom stereocenters. The van der Waals surface area contributed by atoms with Gasteiger partial charge < -0.3 is 4.90 Å². The van der Waals surface area contributed by atoms with Crippen molar-refractivity contribution in [3.8, 4) is 0 Å². The van der Waals surface area contributed by atoms with Gasteiger partial charge in [-0.1, -0.05) is 54.2 Å². The van der Waals surface area contributed by atoms with Gasteiger partial charge in [-0.15, -0.1) is 0 Å². The Kier molecular flexibility index (Phi) is 5.72. The summed E-state index contributed by atoms with van der Waals surface area (Å²) in [4.78, 5) is 32.6. The number of benzene rings is 2. The zero-order valence-electron chi connectivity index (χ0n) is 16.7. The van der Waals surface area contributed by atoms with E-state index < -0.39 is 0 Å². The molecule has 29 heavy (non-hydrogen) atoms. The molecule has 1 aliphatic carbocycles. The van der Waals surface area contributed by atoms with Gasteiger partial charge in [0.25, 0.3) is 5.56 Å². The molecule has 1 heterocycles. The summed E-state index contributed by atoms with van der Waals surface area (Å²) in [5.74, 6) is 0.375. The van der Waals surface area contributed by atoms with E-state index in [1.165, 1.54) is 11.8 Å². The van der Waals surface area contributed by atoms with Crippen LogP contribution in [0.4, 0.5) is 0 Å². The van der Waals surface area contributed by atoms with Gasteiger partial charge in [-0.05, 0) is 44.4 Å². The fourth-order valence-electron chi connectivity index (χ4n) is 3.48. The largest absolute Gasteiger partial charge is 0.335 e. The van der Waals surface area contributed by atoms with Crippen LogP contribution in [0.5, 0.6) is 0 Å². The minimum atomic E-state index is -0.0520. The number of hydrogen-bond acceptors (Lipinski definition) is 4. The van der Waals surface area contributed by atoms with Gasteiger partial charge in [-0.3, -0.25) is 14.2 Å². The van der Waals surface area contributed by atoms with Crippen LogP contribution in [-0.4, -0.2) is 32.2 Å². The maximum atomic E-state index is 13.0. The first kappa shape index (κ1) is 19.7. The topological polar surface area (TPSA) is 55.2 Å². The van der Waals surface area contributed by atoms with Crippen molar-refractivity contribution in [2.24, 2.45) is 0 Å². The Morgan fingerprint density at radius 2 is 1.83 bits per heavy atom. The fourth-order valence-corrected chi connectivity index (χ4v) is 4.49. The average molecular weight is 408 g/mol. The zero-order chi connectivity index (χ0) is 20.4. The van der Waals surface area contributed by atoms with Gasteiger partial charge in [-0.2, -0.15) is 0 Å². The Hall–Kier alpha value is -2.60. The van der Waals surface area contributed by atoms with E-state index in [4.69, 9.17) is 0 Å². The monoisotopic (exact) mass is 407 g/mol. The molecule has 6 heteroatoms. The molecule has 0 radical (unpaired) electrons. The molecule has 1 saturated carbocycles. The maximum absolute atomic E-state index is 13.0. The summed E-state index contributed by atoms with van der Waals surface area (Å²) in [6, 6.07) is 17.8. The SMILES string of the molecule is CC(C)n1c(SCC(=O)N(Cc2ccccc2)C2CC2)nc2ccccc2c1=O. The van der Waals surface area contributed by atoms with Gasteiger partial charge in [0, 0.05) is 18.6 Å². The molecule has 5 nitrogen and oxygen atoms in total. The predicted octanol–water partition coefficient (Wildman–Crippen LogP) is 4.26. The Morgan fingerprint density at radius 3 is 2.52 bits per heavy atom. The smallest absolute Gasteiger partial charge is 0.262 e. The quantitative estimate of drug-likeness (QED) is 0.434. The van der Waals surface area contributed by atoms with Crippen LogP contribution < -0.4 is 5.56 Å². The number of amides is 1. The van der Waals surface area contributed by atoms with E-state index >= 15 is 0 Å². The van der Waals surface area contributed by atoms with Crippen LogP contribution in [0.25, 0.3) is 10.9 Å². The summed E-state index contributed by atoms with van der Waals surface area (Å²) in [6.45, 7) is 4.57. The fraction of sp³-hybridized carbons (Fsp3) is 0.348. The third-order valence-electron chi connectivity index (χ3n) is 5.12. The molecule has 0 N–H and O–H groups in total. The van der Waals surface area contributed by atoms with Crippen LogP contribution in [0.3, 0.4) is 0 Å². The van der Waals surface area contributed by atoms with Crippen molar-refractivity contribution in [1.82, 2.24) is 14.5 Å². The second-order valence-corrected chi connectivity index (χ2v) is 8.65. The van der Waals surface area contributed by atoms with E-state index in [0.29, 0.717) is 28.6 Å². The Balaban J connectivity index is 1.56. The standard InChI is InChI=1S/C23H25N3O2S/c1-16(2)26-22(28)19-10-6-7-11-20(19)24-23(26)29-15-21(27)25(18-12-13-18)14-17-8-4-3-5-9-17/h3-11,16,18H,12-15H2,1-2H3. The molecular formula is C23H25N3O2S. The van der Waals surface area contributed by atoms with Gasteiger partial charge >= 0.3 is 0 Å². The molecule has 1 aromatic heterocycles. The van der Waals surface area contributed by atoms with Crippen molar-refractivity contribution in [1.29, 1.82) is 0 Å². The first-order valence-corrected chi connectivity index (χ1v) is 11.0. The minimum Gasteiger partial charge on any atom is -0.335 e. The molecule has 1 fully saturated rings. The lowest BCUT2D eigenvalue weighted by molar-refractivity contribution is -0.129. The summed E-state index contributed by atoms with van der Waals surface area (Å²) in [5, 5.41) is 1.22. The number of thioether (sulfide) groups is 1. The molecule has 0 atom stereocenters. The van der Waals surface area contributed by atoms with Gasteiger partial charge in [0.2, 0.25) is 5.91 Å². The van der Waals surface area contributed by atoms with Gasteiger partial charge in [-0.25, -0.2) is 4.98 Å². The van der Waals surface area contributed by atoms with E-state index in [1.54, 1.807) is 10.6 Å². The molecule has 0 bridgehead atoms. The molecule has 0 spiro atoms. The van der Waals surface area contributed by atoms with Gasteiger partial charge in [0.1, 0.15) is 0 Å². The highest BCUT2D eigenvalue weighted by atomic mass is 32.2. The second-order valence-electron chi connectivity index (χ2n) is 7.71. The third kappa shape index (κ3) is 4.37. The van der Waals surface area contributed by atoms with Crippen LogP contribution >= 0.6 is 11.8 Å². The van der Waals surface area contributed by atoms with Crippen molar-refractivity contribution < 1.29 is 4.79 Å². The highest BCUT2D eigenvalue weighted by molar-refractivity contribution is 7.99. The first-order chi connectivity index (χ1) is 14.0. The molecular weight excluding hydrogens is 382 g/mol. The lowest BCUT2D eigenvalue weighted by Gasteiger charge is -2.23. The molecule has 150 valence electrons. The summed E-state index contributed by atoms with van der Waals surface area (Å²) in [6.07, 6.45) is 2.13. The van der Waals surface area contributed by atoms with Crippen molar-refractivity contribution in [3.63, 3.8) is 0 Å². The lowest BCUT2D eigenvalue weighted by atomic mass is 10.2. The Morgan fingerprint density at radius 1 is 1.14 bits per heavy atom. The van der Waals surface area contributed by atoms with Gasteiger partial charge in [0.05, 0.1) is 16.7 Å². The maximum Gasteiger partial charge on any atom is 0.262 e. The van der Waals surface area contributed by atoms with Crippen LogP contribution in [0.15, 0.2) is 64.5 Å². The highest BCUT2D eigenvalue weighted by Crippen LogP contribution is 2.30. The molecule has 3 aromatic rings. The number of hydrogen-bond donors (Lipinski definition) is 0. The van der Waals surface area contributed by atoms with E-state index in [2.05, 4.69) is 17.1 Å². The van der Waals surface area contributed by atoms with Crippen LogP contribution in [0.1, 0.15) is 38.3 Å². The molecule has 1 aliphatic rings. The zero-order valence-corrected chi connectivity index (χ0v) is 17.6. The van der Waals surface area contributed by atoms with Crippen LogP contribution in [0, 0.1) is 0 Å². The number of carbonyl (C=O) groups excluding carboxylic acids is 1. The van der Waals surface area contributed by atoms with Crippen molar-refractivity contribution in [2.75, 3.05) is 5.75 Å². The normalized spacial score (nSPS) is 13.8. The molecule has 1 amide bonds. The van der Waals surface area contributed by atoms with E-state index in [9.17, 15) is 9.59 Å². The predicted molar refractivity (Wildman–Crippen MR) is 117 cm³/mol. The van der Waals surface area contributed by atoms with Crippen LogP contribution in [-0.2, 0) is 11.3 Å². The summed E-state index contributed by atoms with van der Waals surface area (Å²) >= 11 is 1.36. The van der Waals surface area contributed by atoms with E-state index in [0.717, 1.165) is 18.4 Å².